The van der Waals surface area contributed by atoms with Gasteiger partial charge in [-0.05, 0) is 56.0 Å². The predicted octanol–water partition coefficient (Wildman–Crippen LogP) is 5.89. The third kappa shape index (κ3) is 7.28. The highest BCUT2D eigenvalue weighted by Crippen LogP contribution is 2.34. The van der Waals surface area contributed by atoms with E-state index < -0.39 is 6.04 Å². The van der Waals surface area contributed by atoms with Crippen LogP contribution in [0.4, 0.5) is 0 Å². The Balaban J connectivity index is 2.03. The molecule has 0 heterocycles. The lowest BCUT2D eigenvalue weighted by molar-refractivity contribution is -0.140. The maximum Gasteiger partial charge on any atom is 0.247 e. The number of ether oxygens (including phenoxy) is 2. The zero-order valence-electron chi connectivity index (χ0n) is 20.6. The molecular weight excluding hydrogens is 487 g/mol. The number of hydrogen-bond donors (Lipinski definition) is 1. The first-order valence-electron chi connectivity index (χ1n) is 12.1. The molecule has 0 unspecified atom stereocenters. The Morgan fingerprint density at radius 2 is 1.80 bits per heavy atom. The van der Waals surface area contributed by atoms with Crippen molar-refractivity contribution in [1.29, 1.82) is 0 Å². The number of methoxy groups -OCH3 is 1. The van der Waals surface area contributed by atoms with Crippen LogP contribution in [-0.2, 0) is 16.1 Å². The third-order valence-electron chi connectivity index (χ3n) is 6.11. The lowest BCUT2D eigenvalue weighted by Gasteiger charge is -2.33. The molecule has 190 valence electrons. The molecule has 1 N–H and O–H groups in total. The molecule has 1 saturated carbocycles. The molecule has 1 fully saturated rings. The minimum Gasteiger partial charge on any atom is -0.493 e. The Morgan fingerprint density at radius 1 is 1.09 bits per heavy atom. The Bertz CT molecular complexity index is 1010. The van der Waals surface area contributed by atoms with Gasteiger partial charge in [0.2, 0.25) is 11.8 Å². The number of amides is 2. The van der Waals surface area contributed by atoms with E-state index in [0.717, 1.165) is 31.2 Å². The Labute approximate surface area is 217 Å². The van der Waals surface area contributed by atoms with Crippen LogP contribution >= 0.6 is 23.2 Å². The molecule has 3 rings (SSSR count). The highest BCUT2D eigenvalue weighted by Gasteiger charge is 2.33. The van der Waals surface area contributed by atoms with Gasteiger partial charge in [-0.3, -0.25) is 9.59 Å². The molecule has 2 aromatic rings. The number of carbonyl (C=O) groups excluding carboxylic acids is 2. The average molecular weight is 521 g/mol. The van der Waals surface area contributed by atoms with Crippen molar-refractivity contribution in [2.24, 2.45) is 0 Å². The molecule has 35 heavy (non-hydrogen) atoms. The summed E-state index contributed by atoms with van der Waals surface area (Å²) in [5.74, 6) is 0.184. The van der Waals surface area contributed by atoms with Crippen LogP contribution in [0.25, 0.3) is 0 Å². The van der Waals surface area contributed by atoms with E-state index >= 15 is 0 Å². The summed E-state index contributed by atoms with van der Waals surface area (Å²) in [6.45, 7) is 4.00. The van der Waals surface area contributed by atoms with Gasteiger partial charge in [0, 0.05) is 17.6 Å². The van der Waals surface area contributed by atoms with Crippen LogP contribution < -0.4 is 14.8 Å². The van der Waals surface area contributed by atoms with Crippen LogP contribution in [-0.4, -0.2) is 41.8 Å². The first-order chi connectivity index (χ1) is 16.8. The first-order valence-corrected chi connectivity index (χ1v) is 13.0. The minimum absolute atomic E-state index is 0.0466. The number of benzene rings is 2. The zero-order chi connectivity index (χ0) is 25.4. The van der Waals surface area contributed by atoms with Crippen molar-refractivity contribution >= 4 is 35.0 Å². The minimum atomic E-state index is -0.915. The molecule has 0 spiro atoms. The molecule has 2 amide bonds. The number of rotatable bonds is 10. The molecule has 0 aromatic heterocycles. The maximum atomic E-state index is 13.8. The van der Waals surface area contributed by atoms with E-state index in [1.54, 1.807) is 31.4 Å². The molecular formula is C27H34Cl2N2O4. The molecule has 0 saturated heterocycles. The highest BCUT2D eigenvalue weighted by molar-refractivity contribution is 6.31. The number of nitrogens with one attached hydrogen (secondary N) is 1. The van der Waals surface area contributed by atoms with Gasteiger partial charge >= 0.3 is 0 Å². The normalized spacial score (nSPS) is 14.9. The molecule has 1 aliphatic carbocycles. The molecule has 0 aliphatic heterocycles. The predicted molar refractivity (Wildman–Crippen MR) is 139 cm³/mol. The van der Waals surface area contributed by atoms with Crippen molar-refractivity contribution in [2.45, 2.75) is 70.7 Å². The monoisotopic (exact) mass is 520 g/mol. The van der Waals surface area contributed by atoms with E-state index in [-0.39, 0.29) is 36.4 Å². The zero-order valence-corrected chi connectivity index (χ0v) is 22.1. The highest BCUT2D eigenvalue weighted by atomic mass is 35.5. The Hall–Kier alpha value is -2.44. The fraction of sp³-hybridized carbons (Fsp3) is 0.481. The van der Waals surface area contributed by atoms with Crippen LogP contribution in [0.15, 0.2) is 42.5 Å². The van der Waals surface area contributed by atoms with Gasteiger partial charge in [-0.15, -0.1) is 11.6 Å². The molecule has 0 radical (unpaired) electrons. The van der Waals surface area contributed by atoms with Gasteiger partial charge in [0.1, 0.15) is 11.9 Å². The molecule has 2 aromatic carbocycles. The number of halogens is 2. The van der Waals surface area contributed by atoms with Crippen molar-refractivity contribution in [3.8, 4) is 11.5 Å². The molecule has 1 atom stereocenters. The fourth-order valence-electron chi connectivity index (χ4n) is 4.42. The fourth-order valence-corrected chi connectivity index (χ4v) is 4.76. The summed E-state index contributed by atoms with van der Waals surface area (Å²) in [4.78, 5) is 28.4. The lowest BCUT2D eigenvalue weighted by atomic mass is 9.94. The van der Waals surface area contributed by atoms with E-state index in [9.17, 15) is 9.59 Å². The quantitative estimate of drug-likeness (QED) is 0.396. The summed E-state index contributed by atoms with van der Waals surface area (Å²) < 4.78 is 11.4. The second-order valence-electron chi connectivity index (χ2n) is 9.07. The van der Waals surface area contributed by atoms with Crippen molar-refractivity contribution in [3.63, 3.8) is 0 Å². The standard InChI is InChI=1S/C27H34Cl2N2O4/c1-18(2)35-23-14-13-19(15-24(23)34-3)26(27(33)30-21-10-5-4-6-11-21)31(25(32)16-28)17-20-9-7-8-12-22(20)29/h7-9,12-15,18,21,26H,4-6,10-11,16-17H2,1-3H3,(H,30,33)/t26-/m0/s1. The van der Waals surface area contributed by atoms with Crippen LogP contribution in [0.3, 0.4) is 0 Å². The van der Waals surface area contributed by atoms with Gasteiger partial charge in [-0.2, -0.15) is 0 Å². The Kier molecular flexibility index (Phi) is 10.1. The van der Waals surface area contributed by atoms with E-state index in [0.29, 0.717) is 22.1 Å². The SMILES string of the molecule is COc1cc([C@@H](C(=O)NC2CCCCC2)N(Cc2ccccc2Cl)C(=O)CCl)ccc1OC(C)C. The summed E-state index contributed by atoms with van der Waals surface area (Å²) in [6, 6.07) is 11.8. The van der Waals surface area contributed by atoms with E-state index in [4.69, 9.17) is 32.7 Å². The maximum absolute atomic E-state index is 13.8. The van der Waals surface area contributed by atoms with Gasteiger partial charge in [-0.1, -0.05) is 55.1 Å². The summed E-state index contributed by atoms with van der Waals surface area (Å²) in [7, 11) is 1.55. The average Bonchev–Trinajstić information content (AvgIpc) is 2.85. The first kappa shape index (κ1) is 27.2. The van der Waals surface area contributed by atoms with Crippen molar-refractivity contribution in [2.75, 3.05) is 13.0 Å². The lowest BCUT2D eigenvalue weighted by Crippen LogP contribution is -2.47. The van der Waals surface area contributed by atoms with Crippen molar-refractivity contribution < 1.29 is 19.1 Å². The number of alkyl halides is 1. The largest absolute Gasteiger partial charge is 0.493 e. The van der Waals surface area contributed by atoms with E-state index in [2.05, 4.69) is 5.32 Å². The van der Waals surface area contributed by atoms with E-state index in [1.807, 2.05) is 32.0 Å². The van der Waals surface area contributed by atoms with Crippen LogP contribution in [0.5, 0.6) is 11.5 Å². The van der Waals surface area contributed by atoms with Gasteiger partial charge in [0.25, 0.3) is 0 Å². The number of hydrogen-bond acceptors (Lipinski definition) is 4. The van der Waals surface area contributed by atoms with Crippen LogP contribution in [0, 0.1) is 0 Å². The number of carbonyl (C=O) groups is 2. The number of nitrogens with zero attached hydrogens (tertiary/aromatic N) is 1. The summed E-state index contributed by atoms with van der Waals surface area (Å²) in [5, 5.41) is 3.70. The van der Waals surface area contributed by atoms with Gasteiger partial charge < -0.3 is 19.7 Å². The second kappa shape index (κ2) is 13.0. The van der Waals surface area contributed by atoms with Gasteiger partial charge in [0.15, 0.2) is 11.5 Å². The van der Waals surface area contributed by atoms with Gasteiger partial charge in [-0.25, -0.2) is 0 Å². The summed E-state index contributed by atoms with van der Waals surface area (Å²) in [5.41, 5.74) is 1.34. The Morgan fingerprint density at radius 3 is 2.43 bits per heavy atom. The van der Waals surface area contributed by atoms with Crippen LogP contribution in [0.2, 0.25) is 5.02 Å². The summed E-state index contributed by atoms with van der Waals surface area (Å²) >= 11 is 12.4. The van der Waals surface area contributed by atoms with Crippen LogP contribution in [0.1, 0.15) is 63.1 Å². The molecule has 0 bridgehead atoms. The molecule has 1 aliphatic rings. The third-order valence-corrected chi connectivity index (χ3v) is 6.71. The van der Waals surface area contributed by atoms with Gasteiger partial charge in [0.05, 0.1) is 13.2 Å². The second-order valence-corrected chi connectivity index (χ2v) is 9.74. The topological polar surface area (TPSA) is 67.9 Å². The molecule has 6 nitrogen and oxygen atoms in total. The smallest absolute Gasteiger partial charge is 0.247 e. The molecule has 8 heteroatoms. The van der Waals surface area contributed by atoms with Crippen molar-refractivity contribution in [3.05, 3.63) is 58.6 Å². The summed E-state index contributed by atoms with van der Waals surface area (Å²) in [6.07, 6.45) is 5.14. The van der Waals surface area contributed by atoms with Crippen molar-refractivity contribution in [1.82, 2.24) is 10.2 Å². The van der Waals surface area contributed by atoms with E-state index in [1.165, 1.54) is 11.3 Å².